The van der Waals surface area contributed by atoms with Gasteiger partial charge in [0.15, 0.2) is 5.54 Å². The van der Waals surface area contributed by atoms with E-state index in [0.29, 0.717) is 24.2 Å². The lowest BCUT2D eigenvalue weighted by Crippen LogP contribution is -2.49. The lowest BCUT2D eigenvalue weighted by atomic mass is 9.87. The van der Waals surface area contributed by atoms with Crippen molar-refractivity contribution in [2.45, 2.75) is 32.7 Å². The third-order valence-electron chi connectivity index (χ3n) is 7.71. The molecule has 1 aromatic heterocycles. The smallest absolute Gasteiger partial charge is 0.332 e. The number of imide groups is 1. The van der Waals surface area contributed by atoms with Crippen LogP contribution in [-0.2, 0) is 16.8 Å². The SMILES string of the molecule is Cc1cccc(NC(=O)c2ccc(N3C(=O)N4CCc5c([nH]c6ccccc56)C4(C)C3=O)cc2)c1C. The maximum absolute atomic E-state index is 13.8. The zero-order valence-corrected chi connectivity index (χ0v) is 20.4. The number of hydrogen-bond donors (Lipinski definition) is 2. The third-order valence-corrected chi connectivity index (χ3v) is 7.71. The van der Waals surface area contributed by atoms with Crippen LogP contribution in [0.4, 0.5) is 16.2 Å². The first-order valence-electron chi connectivity index (χ1n) is 12.0. The summed E-state index contributed by atoms with van der Waals surface area (Å²) in [6, 6.07) is 20.0. The molecule has 6 rings (SSSR count). The van der Waals surface area contributed by atoms with E-state index in [9.17, 15) is 14.4 Å². The number of hydrogen-bond acceptors (Lipinski definition) is 3. The molecular weight excluding hydrogens is 452 g/mol. The summed E-state index contributed by atoms with van der Waals surface area (Å²) in [7, 11) is 0. The van der Waals surface area contributed by atoms with Crippen LogP contribution in [0.5, 0.6) is 0 Å². The van der Waals surface area contributed by atoms with Crippen LogP contribution in [0.3, 0.4) is 0 Å². The molecule has 1 atom stereocenters. The van der Waals surface area contributed by atoms with E-state index in [0.717, 1.165) is 39.0 Å². The molecule has 0 aliphatic carbocycles. The standard InChI is InChI=1S/C29H26N4O3/c1-17-7-6-10-23(18(17)2)31-26(34)19-11-13-20(14-12-19)33-27(35)29(3)25-22(15-16-32(29)28(33)36)21-8-4-5-9-24(21)30-25/h4-14,30H,15-16H2,1-3H3,(H,31,34). The van der Waals surface area contributed by atoms with E-state index in [1.165, 1.54) is 4.90 Å². The number of benzene rings is 3. The number of rotatable bonds is 3. The number of fused-ring (bicyclic) bond motifs is 5. The summed E-state index contributed by atoms with van der Waals surface area (Å²) in [5.41, 5.74) is 5.47. The first-order chi connectivity index (χ1) is 17.3. The highest BCUT2D eigenvalue weighted by molar-refractivity contribution is 6.23. The number of carbonyl (C=O) groups excluding carboxylic acids is 3. The first-order valence-corrected chi connectivity index (χ1v) is 12.0. The Hall–Kier alpha value is -4.39. The Bertz CT molecular complexity index is 1570. The van der Waals surface area contributed by atoms with Crippen molar-refractivity contribution in [2.24, 2.45) is 0 Å². The number of nitrogens with zero attached hydrogens (tertiary/aromatic N) is 2. The van der Waals surface area contributed by atoms with Crippen LogP contribution in [0, 0.1) is 13.8 Å². The summed E-state index contributed by atoms with van der Waals surface area (Å²) in [5.74, 6) is -0.547. The second kappa shape index (κ2) is 7.81. The van der Waals surface area contributed by atoms with Gasteiger partial charge in [0, 0.05) is 28.7 Å². The van der Waals surface area contributed by atoms with Gasteiger partial charge in [-0.1, -0.05) is 30.3 Å². The van der Waals surface area contributed by atoms with Crippen LogP contribution in [0.2, 0.25) is 0 Å². The zero-order chi connectivity index (χ0) is 25.2. The van der Waals surface area contributed by atoms with Gasteiger partial charge in [-0.2, -0.15) is 0 Å². The van der Waals surface area contributed by atoms with Crippen LogP contribution >= 0.6 is 0 Å². The van der Waals surface area contributed by atoms with Crippen molar-refractivity contribution in [2.75, 3.05) is 16.8 Å². The van der Waals surface area contributed by atoms with E-state index in [4.69, 9.17) is 0 Å². The van der Waals surface area contributed by atoms with Gasteiger partial charge in [-0.05, 0) is 80.3 Å². The molecule has 2 aliphatic rings. The highest BCUT2D eigenvalue weighted by Crippen LogP contribution is 2.45. The van der Waals surface area contributed by atoms with Crippen LogP contribution in [0.1, 0.15) is 39.7 Å². The van der Waals surface area contributed by atoms with E-state index in [-0.39, 0.29) is 17.8 Å². The zero-order valence-electron chi connectivity index (χ0n) is 20.4. The molecule has 7 heteroatoms. The number of anilines is 2. The summed E-state index contributed by atoms with van der Waals surface area (Å²) >= 11 is 0. The fraction of sp³-hybridized carbons (Fsp3) is 0.207. The number of aryl methyl sites for hydroxylation is 1. The molecule has 1 unspecified atom stereocenters. The van der Waals surface area contributed by atoms with Gasteiger partial charge < -0.3 is 15.2 Å². The second-order valence-corrected chi connectivity index (χ2v) is 9.67. The lowest BCUT2D eigenvalue weighted by molar-refractivity contribution is -0.125. The van der Waals surface area contributed by atoms with Crippen molar-refractivity contribution >= 4 is 40.1 Å². The topological polar surface area (TPSA) is 85.5 Å². The summed E-state index contributed by atoms with van der Waals surface area (Å²) in [5, 5.41) is 4.03. The van der Waals surface area contributed by atoms with Gasteiger partial charge >= 0.3 is 6.03 Å². The van der Waals surface area contributed by atoms with Gasteiger partial charge in [-0.25, -0.2) is 9.69 Å². The molecular formula is C29H26N4O3. The van der Waals surface area contributed by atoms with Crippen molar-refractivity contribution < 1.29 is 14.4 Å². The average molecular weight is 479 g/mol. The number of urea groups is 1. The molecule has 0 radical (unpaired) electrons. The van der Waals surface area contributed by atoms with E-state index >= 15 is 0 Å². The fourth-order valence-electron chi connectivity index (χ4n) is 5.46. The molecule has 0 bridgehead atoms. The minimum atomic E-state index is -1.11. The number of carbonyl (C=O) groups is 3. The van der Waals surface area contributed by atoms with Crippen LogP contribution in [0.25, 0.3) is 10.9 Å². The molecule has 3 aromatic carbocycles. The third kappa shape index (κ3) is 3.02. The molecule has 0 spiro atoms. The van der Waals surface area contributed by atoms with E-state index < -0.39 is 5.54 Å². The summed E-state index contributed by atoms with van der Waals surface area (Å²) in [6.45, 7) is 6.23. The largest absolute Gasteiger partial charge is 0.356 e. The number of amides is 4. The number of para-hydroxylation sites is 1. The molecule has 1 fully saturated rings. The Labute approximate surface area is 208 Å². The van der Waals surface area contributed by atoms with Crippen molar-refractivity contribution in [3.8, 4) is 0 Å². The minimum absolute atomic E-state index is 0.249. The van der Waals surface area contributed by atoms with Crippen LogP contribution in [0.15, 0.2) is 66.7 Å². The molecule has 2 aliphatic heterocycles. The van der Waals surface area contributed by atoms with E-state index in [1.807, 2.05) is 63.2 Å². The molecule has 0 saturated carbocycles. The van der Waals surface area contributed by atoms with Crippen LogP contribution in [-0.4, -0.2) is 34.3 Å². The monoisotopic (exact) mass is 478 g/mol. The van der Waals surface area contributed by atoms with Crippen LogP contribution < -0.4 is 10.2 Å². The number of H-pyrrole nitrogens is 1. The molecule has 4 amide bonds. The summed E-state index contributed by atoms with van der Waals surface area (Å²) in [4.78, 5) is 46.4. The predicted octanol–water partition coefficient (Wildman–Crippen LogP) is 5.28. The average Bonchev–Trinajstić information content (AvgIpc) is 3.36. The highest BCUT2D eigenvalue weighted by atomic mass is 16.2. The maximum Gasteiger partial charge on any atom is 0.332 e. The Morgan fingerprint density at radius 1 is 0.972 bits per heavy atom. The first kappa shape index (κ1) is 22.1. The summed E-state index contributed by atoms with van der Waals surface area (Å²) < 4.78 is 0. The lowest BCUT2D eigenvalue weighted by Gasteiger charge is -2.35. The van der Waals surface area contributed by atoms with Gasteiger partial charge in [0.25, 0.3) is 11.8 Å². The van der Waals surface area contributed by atoms with Crippen molar-refractivity contribution in [3.63, 3.8) is 0 Å². The highest BCUT2D eigenvalue weighted by Gasteiger charge is 2.59. The maximum atomic E-state index is 13.8. The molecule has 2 N–H and O–H groups in total. The predicted molar refractivity (Wildman–Crippen MR) is 139 cm³/mol. The number of nitrogens with one attached hydrogen (secondary N) is 2. The molecule has 1 saturated heterocycles. The summed E-state index contributed by atoms with van der Waals surface area (Å²) in [6.07, 6.45) is 0.680. The van der Waals surface area contributed by atoms with Crippen molar-refractivity contribution in [1.29, 1.82) is 0 Å². The second-order valence-electron chi connectivity index (χ2n) is 9.67. The minimum Gasteiger partial charge on any atom is -0.356 e. The Morgan fingerprint density at radius 3 is 2.50 bits per heavy atom. The fourth-order valence-corrected chi connectivity index (χ4v) is 5.46. The molecule has 7 nitrogen and oxygen atoms in total. The van der Waals surface area contributed by atoms with Gasteiger partial charge in [0.2, 0.25) is 0 Å². The van der Waals surface area contributed by atoms with Gasteiger partial charge in [-0.15, -0.1) is 0 Å². The number of aromatic amines is 1. The van der Waals surface area contributed by atoms with Crippen molar-refractivity contribution in [1.82, 2.24) is 9.88 Å². The quantitative estimate of drug-likeness (QED) is 0.393. The molecule has 3 heterocycles. The van der Waals surface area contributed by atoms with Gasteiger partial charge in [-0.3, -0.25) is 9.59 Å². The molecule has 36 heavy (non-hydrogen) atoms. The normalized spacial score (nSPS) is 19.0. The number of aromatic nitrogens is 1. The van der Waals surface area contributed by atoms with E-state index in [1.54, 1.807) is 29.2 Å². The molecule has 180 valence electrons. The Kier molecular flexibility index (Phi) is 4.80. The van der Waals surface area contributed by atoms with Gasteiger partial charge in [0.1, 0.15) is 0 Å². The van der Waals surface area contributed by atoms with Crippen molar-refractivity contribution in [3.05, 3.63) is 94.7 Å². The molecule has 4 aromatic rings. The van der Waals surface area contributed by atoms with Gasteiger partial charge in [0.05, 0.1) is 11.4 Å². The van der Waals surface area contributed by atoms with E-state index in [2.05, 4.69) is 10.3 Å². The Balaban J connectivity index is 1.30. The Morgan fingerprint density at radius 2 is 1.72 bits per heavy atom.